The number of aromatic amines is 1. The fourth-order valence-corrected chi connectivity index (χ4v) is 3.19. The molecule has 0 bridgehead atoms. The fraction of sp³-hybridized carbons (Fsp3) is 0.100. The minimum Gasteiger partial charge on any atom is -0.382 e. The van der Waals surface area contributed by atoms with E-state index in [0.29, 0.717) is 0 Å². The van der Waals surface area contributed by atoms with Crippen molar-refractivity contribution in [1.29, 1.82) is 0 Å². The topological polar surface area (TPSA) is 130 Å². The molecule has 5 N–H and O–H groups in total. The zero-order valence-electron chi connectivity index (χ0n) is 16.5. The van der Waals surface area contributed by atoms with Crippen LogP contribution >= 0.6 is 11.8 Å². The second-order valence-corrected chi connectivity index (χ2v) is 7.47. The van der Waals surface area contributed by atoms with Gasteiger partial charge in [-0.05, 0) is 48.5 Å². The normalized spacial score (nSPS) is 11.2. The van der Waals surface area contributed by atoms with Gasteiger partial charge in [-0.3, -0.25) is 19.4 Å². The third-order valence-corrected chi connectivity index (χ3v) is 4.98. The summed E-state index contributed by atoms with van der Waals surface area (Å²) >= 11 is 0.816. The minimum atomic E-state index is -4.49. The van der Waals surface area contributed by atoms with Crippen molar-refractivity contribution in [2.45, 2.75) is 11.3 Å². The highest BCUT2D eigenvalue weighted by Gasteiger charge is 2.30. The number of carbonyl (C=O) groups excluding carboxylic acids is 2. The Morgan fingerprint density at radius 1 is 1.03 bits per heavy atom. The van der Waals surface area contributed by atoms with E-state index in [-0.39, 0.29) is 33.7 Å². The van der Waals surface area contributed by atoms with E-state index in [1.807, 2.05) is 0 Å². The van der Waals surface area contributed by atoms with E-state index >= 15 is 0 Å². The molecule has 0 saturated heterocycles. The quantitative estimate of drug-likeness (QED) is 0.242. The summed E-state index contributed by atoms with van der Waals surface area (Å²) in [4.78, 5) is 42.8. The average Bonchev–Trinajstić information content (AvgIpc) is 2.75. The van der Waals surface area contributed by atoms with Gasteiger partial charge >= 0.3 is 6.18 Å². The highest BCUT2D eigenvalue weighted by atomic mass is 32.2. The van der Waals surface area contributed by atoms with Gasteiger partial charge in [0.1, 0.15) is 11.5 Å². The maximum atomic E-state index is 13.0. The first-order chi connectivity index (χ1) is 15.5. The summed E-state index contributed by atoms with van der Waals surface area (Å²) in [7, 11) is 0. The molecule has 3 aromatic rings. The maximum Gasteiger partial charge on any atom is 0.416 e. The summed E-state index contributed by atoms with van der Waals surface area (Å²) in [6.45, 7) is 0. The molecule has 1 heterocycles. The van der Waals surface area contributed by atoms with Crippen molar-refractivity contribution in [2.24, 2.45) is 0 Å². The molecule has 0 fully saturated rings. The first-order valence-electron chi connectivity index (χ1n) is 9.09. The highest BCUT2D eigenvalue weighted by Crippen LogP contribution is 2.29. The number of nitrogens with two attached hydrogens (primary N) is 1. The zero-order chi connectivity index (χ0) is 24.2. The predicted octanol–water partition coefficient (Wildman–Crippen LogP) is 3.49. The summed E-state index contributed by atoms with van der Waals surface area (Å²) in [5, 5.41) is 4.70. The molecule has 0 unspecified atom stereocenters. The maximum absolute atomic E-state index is 13.0. The van der Waals surface area contributed by atoms with Gasteiger partial charge in [0.15, 0.2) is 11.0 Å². The number of benzene rings is 2. The standard InChI is InChI=1S/C20H15F4N5O3S/c21-12-5-1-10(2-6-12)17(31)27-15-16(25)28-19(29-18(15)32)33-9-14(30)26-13-7-3-11(4-8-13)20(22,23)24/h1-8H,9H2,(H,26,30)(H,27,31)(H3,25,28,29,32). The number of anilines is 3. The molecule has 3 rings (SSSR count). The number of carbonyl (C=O) groups is 2. The Morgan fingerprint density at radius 2 is 1.67 bits per heavy atom. The first-order valence-corrected chi connectivity index (χ1v) is 10.1. The Kier molecular flexibility index (Phi) is 7.01. The van der Waals surface area contributed by atoms with Crippen molar-refractivity contribution < 1.29 is 27.2 Å². The van der Waals surface area contributed by atoms with Gasteiger partial charge < -0.3 is 16.4 Å². The number of nitrogens with one attached hydrogen (secondary N) is 3. The van der Waals surface area contributed by atoms with E-state index in [2.05, 4.69) is 20.6 Å². The molecule has 172 valence electrons. The van der Waals surface area contributed by atoms with Gasteiger partial charge in [0, 0.05) is 11.3 Å². The van der Waals surface area contributed by atoms with E-state index in [4.69, 9.17) is 5.73 Å². The van der Waals surface area contributed by atoms with Crippen LogP contribution in [0.15, 0.2) is 58.5 Å². The molecule has 1 aromatic heterocycles. The highest BCUT2D eigenvalue weighted by molar-refractivity contribution is 7.99. The van der Waals surface area contributed by atoms with Crippen LogP contribution < -0.4 is 21.9 Å². The zero-order valence-corrected chi connectivity index (χ0v) is 17.3. The van der Waals surface area contributed by atoms with Gasteiger partial charge in [0.05, 0.1) is 11.3 Å². The number of hydrogen-bond donors (Lipinski definition) is 4. The molecule has 2 amide bonds. The molecular weight excluding hydrogens is 466 g/mol. The Balaban J connectivity index is 1.60. The first kappa shape index (κ1) is 23.8. The van der Waals surface area contributed by atoms with Crippen LogP contribution in [-0.4, -0.2) is 27.5 Å². The van der Waals surface area contributed by atoms with E-state index in [0.717, 1.165) is 48.2 Å². The Morgan fingerprint density at radius 3 is 2.24 bits per heavy atom. The van der Waals surface area contributed by atoms with Crippen LogP contribution in [0.5, 0.6) is 0 Å². The van der Waals surface area contributed by atoms with Crippen LogP contribution in [0.2, 0.25) is 0 Å². The Hall–Kier alpha value is -3.87. The van der Waals surface area contributed by atoms with E-state index in [9.17, 15) is 31.9 Å². The van der Waals surface area contributed by atoms with Gasteiger partial charge in [-0.1, -0.05) is 11.8 Å². The predicted molar refractivity (Wildman–Crippen MR) is 114 cm³/mol. The number of alkyl halides is 3. The van der Waals surface area contributed by atoms with E-state index in [1.54, 1.807) is 0 Å². The molecule has 0 radical (unpaired) electrons. The summed E-state index contributed by atoms with van der Waals surface area (Å²) < 4.78 is 50.7. The smallest absolute Gasteiger partial charge is 0.382 e. The van der Waals surface area contributed by atoms with Crippen molar-refractivity contribution in [2.75, 3.05) is 22.1 Å². The summed E-state index contributed by atoms with van der Waals surface area (Å²) in [5.41, 5.74) is 4.05. The van der Waals surface area contributed by atoms with Gasteiger partial charge in [0.25, 0.3) is 11.5 Å². The second kappa shape index (κ2) is 9.73. The lowest BCUT2D eigenvalue weighted by atomic mass is 10.2. The third kappa shape index (κ3) is 6.32. The number of aromatic nitrogens is 2. The molecule has 0 aliphatic carbocycles. The lowest BCUT2D eigenvalue weighted by Crippen LogP contribution is -2.23. The fourth-order valence-electron chi connectivity index (χ4n) is 2.52. The van der Waals surface area contributed by atoms with Crippen molar-refractivity contribution in [1.82, 2.24) is 9.97 Å². The largest absolute Gasteiger partial charge is 0.416 e. The number of halogens is 4. The van der Waals surface area contributed by atoms with Crippen LogP contribution in [0, 0.1) is 5.82 Å². The molecule has 8 nitrogen and oxygen atoms in total. The number of nitrogens with zero attached hydrogens (tertiary/aromatic N) is 1. The van der Waals surface area contributed by atoms with Crippen LogP contribution in [-0.2, 0) is 11.0 Å². The molecular formula is C20H15F4N5O3S. The number of H-pyrrole nitrogens is 1. The minimum absolute atomic E-state index is 0.0140. The van der Waals surface area contributed by atoms with Crippen molar-refractivity contribution in [3.8, 4) is 0 Å². The monoisotopic (exact) mass is 481 g/mol. The van der Waals surface area contributed by atoms with Crippen molar-refractivity contribution in [3.63, 3.8) is 0 Å². The van der Waals surface area contributed by atoms with Gasteiger partial charge in [-0.2, -0.15) is 13.2 Å². The molecule has 0 atom stereocenters. The second-order valence-electron chi connectivity index (χ2n) is 6.50. The van der Waals surface area contributed by atoms with Crippen LogP contribution in [0.4, 0.5) is 34.8 Å². The van der Waals surface area contributed by atoms with Gasteiger partial charge in [0.2, 0.25) is 5.91 Å². The summed E-state index contributed by atoms with van der Waals surface area (Å²) in [6, 6.07) is 8.50. The van der Waals surface area contributed by atoms with Crippen LogP contribution in [0.1, 0.15) is 15.9 Å². The van der Waals surface area contributed by atoms with Crippen LogP contribution in [0.3, 0.4) is 0 Å². The molecule has 0 aliphatic heterocycles. The van der Waals surface area contributed by atoms with E-state index in [1.165, 1.54) is 12.1 Å². The number of thioether (sulfide) groups is 1. The molecule has 13 heteroatoms. The third-order valence-electron chi connectivity index (χ3n) is 4.11. The van der Waals surface area contributed by atoms with Crippen molar-refractivity contribution >= 4 is 40.8 Å². The lowest BCUT2D eigenvalue weighted by Gasteiger charge is -2.10. The van der Waals surface area contributed by atoms with Crippen LogP contribution in [0.25, 0.3) is 0 Å². The molecule has 0 spiro atoms. The van der Waals surface area contributed by atoms with E-state index < -0.39 is 34.9 Å². The summed E-state index contributed by atoms with van der Waals surface area (Å²) in [6.07, 6.45) is -4.49. The molecule has 0 saturated carbocycles. The van der Waals surface area contributed by atoms with Crippen molar-refractivity contribution in [3.05, 3.63) is 75.8 Å². The number of hydrogen-bond acceptors (Lipinski definition) is 6. The Bertz CT molecular complexity index is 1230. The van der Waals surface area contributed by atoms with Gasteiger partial charge in [-0.25, -0.2) is 9.37 Å². The molecule has 2 aromatic carbocycles. The summed E-state index contributed by atoms with van der Waals surface area (Å²) in [5.74, 6) is -2.33. The number of nitrogen functional groups attached to an aromatic ring is 1. The number of amides is 2. The number of rotatable bonds is 6. The lowest BCUT2D eigenvalue weighted by molar-refractivity contribution is -0.137. The molecule has 33 heavy (non-hydrogen) atoms. The SMILES string of the molecule is Nc1nc(SCC(=O)Nc2ccc(C(F)(F)F)cc2)[nH]c(=O)c1NC(=O)c1ccc(F)cc1. The average molecular weight is 481 g/mol. The molecule has 0 aliphatic rings. The van der Waals surface area contributed by atoms with Gasteiger partial charge in [-0.15, -0.1) is 0 Å². The Labute approximate surface area is 187 Å².